The Kier molecular flexibility index (Phi) is 5.72. The summed E-state index contributed by atoms with van der Waals surface area (Å²) in [5.41, 5.74) is 2.93. The number of carboxylic acids is 1. The molecule has 0 spiro atoms. The summed E-state index contributed by atoms with van der Waals surface area (Å²) in [6.45, 7) is 0.638. The van der Waals surface area contributed by atoms with Crippen LogP contribution < -0.4 is 10.6 Å². The van der Waals surface area contributed by atoms with Crippen LogP contribution in [-0.4, -0.2) is 39.3 Å². The zero-order valence-corrected chi connectivity index (χ0v) is 17.0. The van der Waals surface area contributed by atoms with Gasteiger partial charge in [-0.2, -0.15) is 0 Å². The molecule has 0 saturated carbocycles. The van der Waals surface area contributed by atoms with Gasteiger partial charge in [0.2, 0.25) is 5.91 Å². The van der Waals surface area contributed by atoms with E-state index in [1.165, 1.54) is 29.3 Å². The van der Waals surface area contributed by atoms with Gasteiger partial charge in [0.1, 0.15) is 0 Å². The molecule has 152 valence electrons. The molecule has 0 unspecified atom stereocenters. The van der Waals surface area contributed by atoms with E-state index in [0.717, 1.165) is 16.8 Å². The Morgan fingerprint density at radius 2 is 2.20 bits per heavy atom. The van der Waals surface area contributed by atoms with E-state index in [0.29, 0.717) is 26.6 Å². The molecular weight excluding hydrogens is 426 g/mol. The number of hydrogen-bond acceptors (Lipinski definition) is 8. The second-order valence-electron chi connectivity index (χ2n) is 6.34. The number of hydrogen-bond donors (Lipinski definition) is 3. The molecule has 3 N–H and O–H groups in total. The average molecular weight is 441 g/mol. The first-order valence-electron chi connectivity index (χ1n) is 8.86. The summed E-state index contributed by atoms with van der Waals surface area (Å²) in [6.07, 6.45) is 4.66. The molecular formula is C19H15N5O4S2. The van der Waals surface area contributed by atoms with Crippen molar-refractivity contribution < 1.29 is 19.5 Å². The smallest absolute Gasteiger partial charge is 0.303 e. The Bertz CT molecular complexity index is 1140. The molecule has 1 aromatic carbocycles. The highest BCUT2D eigenvalue weighted by molar-refractivity contribution is 8.18. The van der Waals surface area contributed by atoms with E-state index in [1.54, 1.807) is 6.08 Å². The quantitative estimate of drug-likeness (QED) is 0.591. The number of carbonyl (C=O) groups excluding carboxylic acids is 2. The standard InChI is InChI=1S/C19H15N5O4S2/c25-15(3-4-16(26)27)23-18-21-9-13(29-18)6-14-17(28)24-19(30-14)22-12-2-1-10-7-20-8-11(10)5-12/h1-2,5-7,9H,3-4,8H2,(H,26,27)(H,21,23,25)(H,22,24,28)/b14-6-. The first kappa shape index (κ1) is 20.0. The van der Waals surface area contributed by atoms with Gasteiger partial charge in [0.15, 0.2) is 10.3 Å². The number of amidine groups is 1. The second-order valence-corrected chi connectivity index (χ2v) is 8.44. The number of thioether (sulfide) groups is 1. The molecule has 0 aliphatic carbocycles. The van der Waals surface area contributed by atoms with Crippen LogP contribution in [0.15, 0.2) is 39.3 Å². The predicted molar refractivity (Wildman–Crippen MR) is 116 cm³/mol. The van der Waals surface area contributed by atoms with Crippen molar-refractivity contribution in [2.24, 2.45) is 9.98 Å². The summed E-state index contributed by atoms with van der Waals surface area (Å²) < 4.78 is 0. The topological polar surface area (TPSA) is 133 Å². The van der Waals surface area contributed by atoms with Crippen LogP contribution in [0, 0.1) is 0 Å². The maximum atomic E-state index is 12.3. The van der Waals surface area contributed by atoms with E-state index >= 15 is 0 Å². The third kappa shape index (κ3) is 4.81. The number of amides is 2. The lowest BCUT2D eigenvalue weighted by atomic mass is 10.1. The first-order chi connectivity index (χ1) is 14.5. The van der Waals surface area contributed by atoms with Gasteiger partial charge in [-0.25, -0.2) is 9.98 Å². The molecule has 4 rings (SSSR count). The highest BCUT2D eigenvalue weighted by atomic mass is 32.2. The maximum absolute atomic E-state index is 12.3. The Hall–Kier alpha value is -3.31. The third-order valence-corrected chi connectivity index (χ3v) is 5.88. The van der Waals surface area contributed by atoms with Crippen LogP contribution in [-0.2, 0) is 20.9 Å². The zero-order valence-electron chi connectivity index (χ0n) is 15.4. The largest absolute Gasteiger partial charge is 0.481 e. The number of nitrogens with one attached hydrogen (secondary N) is 2. The number of fused-ring (bicyclic) bond motifs is 1. The van der Waals surface area contributed by atoms with Crippen molar-refractivity contribution in [2.45, 2.75) is 19.4 Å². The van der Waals surface area contributed by atoms with Crippen LogP contribution in [0.1, 0.15) is 28.8 Å². The summed E-state index contributed by atoms with van der Waals surface area (Å²) in [5, 5.41) is 14.7. The van der Waals surface area contributed by atoms with E-state index < -0.39 is 11.9 Å². The first-order valence-corrected chi connectivity index (χ1v) is 10.5. The predicted octanol–water partition coefficient (Wildman–Crippen LogP) is 2.77. The van der Waals surface area contributed by atoms with Crippen LogP contribution in [0.2, 0.25) is 0 Å². The van der Waals surface area contributed by atoms with Gasteiger partial charge >= 0.3 is 5.97 Å². The summed E-state index contributed by atoms with van der Waals surface area (Å²) in [6, 6.07) is 5.78. The molecule has 11 heteroatoms. The van der Waals surface area contributed by atoms with Crippen molar-refractivity contribution in [1.29, 1.82) is 0 Å². The lowest BCUT2D eigenvalue weighted by molar-refractivity contribution is -0.138. The van der Waals surface area contributed by atoms with Gasteiger partial charge in [0.05, 0.1) is 28.4 Å². The number of carboxylic acid groups (broad SMARTS) is 1. The van der Waals surface area contributed by atoms with Crippen molar-refractivity contribution in [1.82, 2.24) is 10.3 Å². The molecule has 1 fully saturated rings. The fraction of sp³-hybridized carbons (Fsp3) is 0.158. The van der Waals surface area contributed by atoms with Gasteiger partial charge in [-0.15, -0.1) is 0 Å². The Balaban J connectivity index is 1.41. The highest BCUT2D eigenvalue weighted by Gasteiger charge is 2.24. The molecule has 0 bridgehead atoms. The molecule has 1 aromatic heterocycles. The van der Waals surface area contributed by atoms with E-state index in [9.17, 15) is 14.4 Å². The van der Waals surface area contributed by atoms with Gasteiger partial charge in [0.25, 0.3) is 5.91 Å². The summed E-state index contributed by atoms with van der Waals surface area (Å²) in [7, 11) is 0. The van der Waals surface area contributed by atoms with Crippen LogP contribution >= 0.6 is 23.1 Å². The molecule has 3 heterocycles. The van der Waals surface area contributed by atoms with Crippen molar-refractivity contribution in [3.8, 4) is 0 Å². The SMILES string of the molecule is O=C(O)CCC(=O)Nc1ncc(/C=C2\SC(=Nc3ccc4c(c3)CN=C4)NC2=O)s1. The molecule has 2 amide bonds. The van der Waals surface area contributed by atoms with Crippen LogP contribution in [0.5, 0.6) is 0 Å². The van der Waals surface area contributed by atoms with Gasteiger partial charge < -0.3 is 15.7 Å². The van der Waals surface area contributed by atoms with Crippen molar-refractivity contribution in [3.05, 3.63) is 45.3 Å². The minimum absolute atomic E-state index is 0.127. The van der Waals surface area contributed by atoms with Gasteiger partial charge in [-0.1, -0.05) is 17.4 Å². The van der Waals surface area contributed by atoms with Crippen molar-refractivity contribution in [3.63, 3.8) is 0 Å². The van der Waals surface area contributed by atoms with Crippen LogP contribution in [0.25, 0.3) is 6.08 Å². The number of anilines is 1. The minimum atomic E-state index is -1.04. The fourth-order valence-corrected chi connectivity index (χ4v) is 4.39. The number of aromatic nitrogens is 1. The Morgan fingerprint density at radius 3 is 3.03 bits per heavy atom. The third-order valence-electron chi connectivity index (χ3n) is 4.11. The van der Waals surface area contributed by atoms with Gasteiger partial charge in [0, 0.05) is 18.8 Å². The van der Waals surface area contributed by atoms with Crippen LogP contribution in [0.3, 0.4) is 0 Å². The molecule has 2 aliphatic rings. The molecule has 0 atom stereocenters. The monoisotopic (exact) mass is 441 g/mol. The molecule has 0 radical (unpaired) electrons. The summed E-state index contributed by atoms with van der Waals surface area (Å²) in [5.74, 6) is -1.72. The van der Waals surface area contributed by atoms with E-state index in [4.69, 9.17) is 5.11 Å². The molecule has 2 aromatic rings. The maximum Gasteiger partial charge on any atom is 0.303 e. The number of carbonyl (C=O) groups is 3. The molecule has 30 heavy (non-hydrogen) atoms. The Morgan fingerprint density at radius 1 is 1.33 bits per heavy atom. The van der Waals surface area contributed by atoms with Crippen molar-refractivity contribution in [2.75, 3.05) is 5.32 Å². The number of rotatable bonds is 6. The normalized spacial score (nSPS) is 17.4. The summed E-state index contributed by atoms with van der Waals surface area (Å²) >= 11 is 2.41. The second kappa shape index (κ2) is 8.59. The molecule has 1 saturated heterocycles. The van der Waals surface area contributed by atoms with Gasteiger partial charge in [-0.3, -0.25) is 19.4 Å². The number of nitrogens with zero attached hydrogens (tertiary/aromatic N) is 3. The average Bonchev–Trinajstić information content (AvgIpc) is 3.41. The lowest BCUT2D eigenvalue weighted by Gasteiger charge is -2.00. The van der Waals surface area contributed by atoms with E-state index in [2.05, 4.69) is 25.6 Å². The number of aliphatic carboxylic acids is 1. The minimum Gasteiger partial charge on any atom is -0.481 e. The van der Waals surface area contributed by atoms with E-state index in [-0.39, 0.29) is 18.7 Å². The lowest BCUT2D eigenvalue weighted by Crippen LogP contribution is -2.19. The van der Waals surface area contributed by atoms with E-state index in [1.807, 2.05) is 24.4 Å². The summed E-state index contributed by atoms with van der Waals surface area (Å²) in [4.78, 5) is 48.4. The fourth-order valence-electron chi connectivity index (χ4n) is 2.71. The number of aliphatic imine (C=N–C) groups is 2. The molecule has 2 aliphatic heterocycles. The zero-order chi connectivity index (χ0) is 21.1. The van der Waals surface area contributed by atoms with Crippen molar-refractivity contribution >= 4 is 69.2 Å². The number of thiazole rings is 1. The van der Waals surface area contributed by atoms with Crippen LogP contribution in [0.4, 0.5) is 10.8 Å². The molecule has 9 nitrogen and oxygen atoms in total. The Labute approximate surface area is 179 Å². The highest BCUT2D eigenvalue weighted by Crippen LogP contribution is 2.31. The van der Waals surface area contributed by atoms with Gasteiger partial charge in [-0.05, 0) is 41.1 Å². The number of benzene rings is 1.